The number of likely N-dealkylation sites (tertiary alicyclic amines) is 2. The zero-order valence-electron chi connectivity index (χ0n) is 54.9. The molecule has 498 valence electrons. The molecule has 96 heavy (non-hydrogen) atoms. The highest BCUT2D eigenvalue weighted by Gasteiger charge is 2.46. The molecular formula is C76H84N10O8S2. The van der Waals surface area contributed by atoms with Crippen LogP contribution in [0.3, 0.4) is 0 Å². The molecular weight excluding hydrogens is 1250 g/mol. The first-order chi connectivity index (χ1) is 46.5. The Balaban J connectivity index is 0.797. The van der Waals surface area contributed by atoms with E-state index in [1.807, 2.05) is 123 Å². The minimum absolute atomic E-state index is 0.0520. The van der Waals surface area contributed by atoms with Crippen molar-refractivity contribution in [3.8, 4) is 22.3 Å². The first-order valence-corrected chi connectivity index (χ1v) is 35.3. The predicted molar refractivity (Wildman–Crippen MR) is 378 cm³/mol. The molecule has 8 amide bonds. The quantitative estimate of drug-likeness (QED) is 0.0257. The monoisotopic (exact) mass is 1330 g/mol. The largest absolute Gasteiger partial charge is 0.348 e. The molecule has 20 heteroatoms. The standard InChI is InChI=1S/C76H84N10O8S2/c1-45(49-22-9-7-10-23-49)79-73(91)67-37-53(39-85(67)75(93)65(83-69(87)47(3)77-5)43-95-41-63-59-32-17-13-28-55(59)56-29-14-18-33-60(56)63)81-71(89)51-26-21-27-52(36-51)72(90)82-54-38-68(74(92)80-46(2)50-24-11-8-12-25-50)86(40-54)76(94)66(84-70(88)48(4)78-6)44-96-42-64-61-34-19-15-30-57(61)58-31-16-20-35-62(58)64/h7-36,45-48,53-54,63-68,77-78H,37-44H2,1-6H3,(H,79,91)(H,80,92)(H,81,89)(H,82,90)(H,83,87)(H,84,88)/t45-,46-,47+,48+,53+,54+,65+,66+,67+,68+/m1/s1. The van der Waals surface area contributed by atoms with Gasteiger partial charge in [0.15, 0.2) is 0 Å². The van der Waals surface area contributed by atoms with E-state index < -0.39 is 95.9 Å². The first kappa shape index (κ1) is 68.3. The van der Waals surface area contributed by atoms with Crippen LogP contribution in [0.2, 0.25) is 0 Å². The van der Waals surface area contributed by atoms with Crippen molar-refractivity contribution >= 4 is 70.8 Å². The summed E-state index contributed by atoms with van der Waals surface area (Å²) >= 11 is 3.09. The molecule has 0 aromatic heterocycles. The summed E-state index contributed by atoms with van der Waals surface area (Å²) in [6, 6.07) is 50.6. The van der Waals surface area contributed by atoms with Crippen molar-refractivity contribution < 1.29 is 38.4 Å². The van der Waals surface area contributed by atoms with E-state index in [1.165, 1.54) is 60.4 Å². The van der Waals surface area contributed by atoms with E-state index in [9.17, 15) is 28.8 Å². The van der Waals surface area contributed by atoms with Crippen molar-refractivity contribution in [3.05, 3.63) is 226 Å². The zero-order chi connectivity index (χ0) is 67.6. The molecule has 7 aromatic rings. The molecule has 4 aliphatic rings. The molecule has 8 N–H and O–H groups in total. The molecule has 0 saturated carbocycles. The normalized spacial score (nSPS) is 18.9. The van der Waals surface area contributed by atoms with Crippen LogP contribution in [0.15, 0.2) is 182 Å². The summed E-state index contributed by atoms with van der Waals surface area (Å²) < 4.78 is 0. The number of rotatable bonds is 26. The number of likely N-dealkylation sites (N-methyl/N-ethyl adjacent to an activating group) is 2. The highest BCUT2D eigenvalue weighted by molar-refractivity contribution is 7.99. The number of amides is 8. The molecule has 2 saturated heterocycles. The average Bonchev–Trinajstić information content (AvgIpc) is 1.63. The van der Waals surface area contributed by atoms with Crippen LogP contribution in [0.1, 0.15) is 119 Å². The molecule has 11 rings (SSSR count). The number of fused-ring (bicyclic) bond motifs is 6. The zero-order valence-corrected chi connectivity index (χ0v) is 56.5. The molecule has 0 radical (unpaired) electrons. The smallest absolute Gasteiger partial charge is 0.251 e. The van der Waals surface area contributed by atoms with Gasteiger partial charge in [-0.25, -0.2) is 0 Å². The van der Waals surface area contributed by atoms with E-state index in [4.69, 9.17) is 0 Å². The third-order valence-electron chi connectivity index (χ3n) is 19.1. The highest BCUT2D eigenvalue weighted by Crippen LogP contribution is 2.47. The van der Waals surface area contributed by atoms with Crippen LogP contribution >= 0.6 is 23.5 Å². The van der Waals surface area contributed by atoms with E-state index in [1.54, 1.807) is 69.7 Å². The van der Waals surface area contributed by atoms with Crippen molar-refractivity contribution in [2.24, 2.45) is 0 Å². The molecule has 2 fully saturated rings. The van der Waals surface area contributed by atoms with Gasteiger partial charge in [-0.2, -0.15) is 23.5 Å². The third-order valence-corrected chi connectivity index (χ3v) is 21.4. The van der Waals surface area contributed by atoms with Crippen LogP contribution < -0.4 is 42.5 Å². The second-order valence-electron chi connectivity index (χ2n) is 25.4. The van der Waals surface area contributed by atoms with Crippen LogP contribution in [0.25, 0.3) is 22.3 Å². The summed E-state index contributed by atoms with van der Waals surface area (Å²) in [7, 11) is 3.33. The fraction of sp³-hybridized carbons (Fsp3) is 0.342. The highest BCUT2D eigenvalue weighted by atomic mass is 32.2. The van der Waals surface area contributed by atoms with Gasteiger partial charge in [-0.05, 0) is 128 Å². The van der Waals surface area contributed by atoms with Crippen LogP contribution in [0.5, 0.6) is 0 Å². The number of benzene rings is 7. The van der Waals surface area contributed by atoms with Gasteiger partial charge in [0.25, 0.3) is 11.8 Å². The second kappa shape index (κ2) is 31.2. The molecule has 2 aliphatic heterocycles. The summed E-state index contributed by atoms with van der Waals surface area (Å²) in [6.07, 6.45) is 0.108. The Kier molecular flexibility index (Phi) is 22.2. The van der Waals surface area contributed by atoms with Gasteiger partial charge in [0, 0.05) is 71.1 Å². The fourth-order valence-electron chi connectivity index (χ4n) is 13.6. The van der Waals surface area contributed by atoms with Crippen LogP contribution in [-0.4, -0.2) is 156 Å². The third kappa shape index (κ3) is 15.4. The Bertz CT molecular complexity index is 3650. The lowest BCUT2D eigenvalue weighted by atomic mass is 9.99. The molecule has 0 spiro atoms. The molecule has 0 bridgehead atoms. The Morgan fingerprint density at radius 3 is 1.10 bits per heavy atom. The number of hydrogen-bond donors (Lipinski definition) is 8. The Morgan fingerprint density at radius 2 is 0.760 bits per heavy atom. The Morgan fingerprint density at radius 1 is 0.427 bits per heavy atom. The summed E-state index contributed by atoms with van der Waals surface area (Å²) in [4.78, 5) is 119. The van der Waals surface area contributed by atoms with Gasteiger partial charge in [0.2, 0.25) is 35.4 Å². The maximum absolute atomic E-state index is 15.2. The number of carbonyl (C=O) groups is 8. The van der Waals surface area contributed by atoms with Gasteiger partial charge >= 0.3 is 0 Å². The number of carbonyl (C=O) groups excluding carboxylic acids is 8. The minimum Gasteiger partial charge on any atom is -0.348 e. The molecule has 18 nitrogen and oxygen atoms in total. The van der Waals surface area contributed by atoms with Crippen molar-refractivity contribution in [2.75, 3.05) is 50.2 Å². The lowest BCUT2D eigenvalue weighted by Crippen LogP contribution is -2.56. The molecule has 0 unspecified atom stereocenters. The number of hydrogen-bond acceptors (Lipinski definition) is 12. The molecule has 10 atom stereocenters. The topological polar surface area (TPSA) is 239 Å². The van der Waals surface area contributed by atoms with Crippen LogP contribution in [0, 0.1) is 0 Å². The van der Waals surface area contributed by atoms with E-state index in [0.29, 0.717) is 11.5 Å². The Labute approximate surface area is 570 Å². The summed E-state index contributed by atoms with van der Waals surface area (Å²) in [5, 5.41) is 24.3. The number of nitrogens with zero attached hydrogens (tertiary/aromatic N) is 2. The van der Waals surface area contributed by atoms with Crippen molar-refractivity contribution in [3.63, 3.8) is 0 Å². The first-order valence-electron chi connectivity index (χ1n) is 33.0. The number of nitrogens with one attached hydrogen (secondary N) is 8. The predicted octanol–water partition coefficient (Wildman–Crippen LogP) is 8.12. The summed E-state index contributed by atoms with van der Waals surface area (Å²) in [5.41, 5.74) is 11.5. The maximum atomic E-state index is 15.2. The van der Waals surface area contributed by atoms with Crippen molar-refractivity contribution in [1.29, 1.82) is 0 Å². The molecule has 7 aromatic carbocycles. The molecule has 2 heterocycles. The average molecular weight is 1330 g/mol. The fourth-order valence-corrected chi connectivity index (χ4v) is 16.0. The van der Waals surface area contributed by atoms with Crippen molar-refractivity contribution in [2.45, 2.75) is 113 Å². The van der Waals surface area contributed by atoms with Gasteiger partial charge in [-0.15, -0.1) is 0 Å². The van der Waals surface area contributed by atoms with E-state index in [2.05, 4.69) is 91.1 Å². The van der Waals surface area contributed by atoms with Gasteiger partial charge in [0.05, 0.1) is 24.2 Å². The summed E-state index contributed by atoms with van der Waals surface area (Å²) in [5.74, 6) is -1.89. The van der Waals surface area contributed by atoms with E-state index in [-0.39, 0.29) is 72.2 Å². The Hall–Kier alpha value is -9.08. The second-order valence-corrected chi connectivity index (χ2v) is 27.5. The van der Waals surface area contributed by atoms with Crippen LogP contribution in [-0.2, 0) is 28.8 Å². The van der Waals surface area contributed by atoms with Gasteiger partial charge in [0.1, 0.15) is 24.2 Å². The van der Waals surface area contributed by atoms with E-state index >= 15 is 9.59 Å². The van der Waals surface area contributed by atoms with E-state index in [0.717, 1.165) is 11.1 Å². The SMILES string of the molecule is CN[C@@H](C)C(=O)N[C@@H](CSCC1c2ccccc2-c2ccccc21)C(=O)N1C[C@@H](NC(=O)c2cccc(C(=O)N[C@H]3C[C@@H](C(=O)N[C@H](C)c4ccccc4)N(C(=O)[C@H](CSCC4c5ccccc5-c5ccccc54)NC(=O)[C@H](C)NC)C3)c2)C[C@H]1C(=O)N[C@H](C)c1ccccc1. The molecule has 2 aliphatic carbocycles. The maximum Gasteiger partial charge on any atom is 0.251 e. The van der Waals surface area contributed by atoms with Gasteiger partial charge in [-0.3, -0.25) is 38.4 Å². The lowest BCUT2D eigenvalue weighted by molar-refractivity contribution is -0.141. The van der Waals surface area contributed by atoms with Crippen LogP contribution in [0.4, 0.5) is 0 Å². The number of thioether (sulfide) groups is 2. The van der Waals surface area contributed by atoms with Gasteiger partial charge in [-0.1, -0.05) is 164 Å². The van der Waals surface area contributed by atoms with Gasteiger partial charge < -0.3 is 52.3 Å². The van der Waals surface area contributed by atoms with Crippen molar-refractivity contribution in [1.82, 2.24) is 52.3 Å². The summed E-state index contributed by atoms with van der Waals surface area (Å²) in [6.45, 7) is 7.03. The minimum atomic E-state index is -1.04. The lowest BCUT2D eigenvalue weighted by Gasteiger charge is -2.30.